The fourth-order valence-corrected chi connectivity index (χ4v) is 4.22. The molecule has 0 saturated carbocycles. The van der Waals surface area contributed by atoms with Crippen molar-refractivity contribution >= 4 is 38.1 Å². The average Bonchev–Trinajstić information content (AvgIpc) is 2.60. The summed E-state index contributed by atoms with van der Waals surface area (Å²) in [5.74, 6) is -0.355. The van der Waals surface area contributed by atoms with E-state index in [0.29, 0.717) is 0 Å². The maximum atomic E-state index is 12.6. The van der Waals surface area contributed by atoms with E-state index in [4.69, 9.17) is 11.6 Å². The molecule has 0 spiro atoms. The van der Waals surface area contributed by atoms with Crippen molar-refractivity contribution < 1.29 is 13.2 Å². The third-order valence-electron chi connectivity index (χ3n) is 4.23. The Morgan fingerprint density at radius 1 is 1.04 bits per heavy atom. The predicted octanol–water partition coefficient (Wildman–Crippen LogP) is 4.39. The largest absolute Gasteiger partial charge is 0.345 e. The molecular weight excluding hydrogens is 370 g/mol. The third kappa shape index (κ3) is 3.74. The molecule has 1 unspecified atom stereocenters. The molecule has 3 aromatic rings. The Hall–Kier alpha value is -2.37. The predicted molar refractivity (Wildman–Crippen MR) is 104 cm³/mol. The lowest BCUT2D eigenvalue weighted by Crippen LogP contribution is -2.27. The number of benzene rings is 3. The second kappa shape index (κ2) is 7.09. The lowest BCUT2D eigenvalue weighted by atomic mass is 9.99. The molecule has 0 aliphatic rings. The van der Waals surface area contributed by atoms with E-state index in [9.17, 15) is 13.2 Å². The number of fused-ring (bicyclic) bond motifs is 1. The Balaban J connectivity index is 1.90. The van der Waals surface area contributed by atoms with Crippen molar-refractivity contribution in [1.29, 1.82) is 0 Å². The maximum Gasteiger partial charge on any atom is 0.251 e. The number of nitrogens with one attached hydrogen (secondary N) is 1. The van der Waals surface area contributed by atoms with Gasteiger partial charge in [0, 0.05) is 11.8 Å². The summed E-state index contributed by atoms with van der Waals surface area (Å²) in [5.41, 5.74) is 1.25. The summed E-state index contributed by atoms with van der Waals surface area (Å²) < 4.78 is 23.6. The highest BCUT2D eigenvalue weighted by Crippen LogP contribution is 2.26. The zero-order valence-corrected chi connectivity index (χ0v) is 15.9. The molecule has 1 N–H and O–H groups in total. The molecule has 0 aromatic heterocycles. The van der Waals surface area contributed by atoms with Crippen molar-refractivity contribution in [1.82, 2.24) is 5.32 Å². The highest BCUT2D eigenvalue weighted by atomic mass is 35.5. The lowest BCUT2D eigenvalue weighted by Gasteiger charge is -2.17. The van der Waals surface area contributed by atoms with Gasteiger partial charge in [-0.05, 0) is 41.5 Å². The van der Waals surface area contributed by atoms with Crippen molar-refractivity contribution in [3.8, 4) is 0 Å². The number of rotatable bonds is 4. The van der Waals surface area contributed by atoms with Gasteiger partial charge in [-0.2, -0.15) is 0 Å². The van der Waals surface area contributed by atoms with E-state index in [2.05, 4.69) is 5.32 Å². The molecule has 0 bridgehead atoms. The summed E-state index contributed by atoms with van der Waals surface area (Å²) in [5, 5.41) is 5.19. The number of sulfone groups is 1. The van der Waals surface area contributed by atoms with Crippen LogP contribution in [0.5, 0.6) is 0 Å². The van der Waals surface area contributed by atoms with E-state index in [0.717, 1.165) is 22.6 Å². The van der Waals surface area contributed by atoms with Crippen molar-refractivity contribution in [2.75, 3.05) is 6.26 Å². The number of hydrogen-bond donors (Lipinski definition) is 1. The maximum absolute atomic E-state index is 12.6. The van der Waals surface area contributed by atoms with E-state index in [1.54, 1.807) is 0 Å². The van der Waals surface area contributed by atoms with Crippen LogP contribution in [-0.2, 0) is 9.84 Å². The minimum absolute atomic E-state index is 0.0513. The second-order valence-electron chi connectivity index (χ2n) is 6.18. The fraction of sp³-hybridized carbons (Fsp3) is 0.150. The van der Waals surface area contributed by atoms with Crippen LogP contribution in [0.1, 0.15) is 28.9 Å². The van der Waals surface area contributed by atoms with E-state index in [1.807, 2.05) is 49.4 Å². The Bertz CT molecular complexity index is 1090. The number of halogens is 1. The van der Waals surface area contributed by atoms with Gasteiger partial charge in [-0.25, -0.2) is 8.42 Å². The van der Waals surface area contributed by atoms with Crippen LogP contribution in [0.15, 0.2) is 65.6 Å². The third-order valence-corrected chi connectivity index (χ3v) is 5.81. The Kier molecular flexibility index (Phi) is 5.03. The minimum atomic E-state index is -3.51. The summed E-state index contributed by atoms with van der Waals surface area (Å²) in [6, 6.07) is 17.9. The van der Waals surface area contributed by atoms with Crippen molar-refractivity contribution in [2.45, 2.75) is 17.9 Å². The molecule has 0 fully saturated rings. The molecule has 26 heavy (non-hydrogen) atoms. The summed E-state index contributed by atoms with van der Waals surface area (Å²) >= 11 is 5.94. The average molecular weight is 388 g/mol. The molecule has 0 aliphatic heterocycles. The first-order valence-electron chi connectivity index (χ1n) is 8.05. The minimum Gasteiger partial charge on any atom is -0.345 e. The van der Waals surface area contributed by atoms with E-state index in [-0.39, 0.29) is 27.4 Å². The summed E-state index contributed by atoms with van der Waals surface area (Å²) in [6.07, 6.45) is 1.06. The molecule has 0 heterocycles. The van der Waals surface area contributed by atoms with Crippen LogP contribution in [0, 0.1) is 0 Å². The van der Waals surface area contributed by atoms with Gasteiger partial charge < -0.3 is 5.32 Å². The first kappa shape index (κ1) is 18.4. The van der Waals surface area contributed by atoms with Gasteiger partial charge >= 0.3 is 0 Å². The van der Waals surface area contributed by atoms with Crippen LogP contribution in [-0.4, -0.2) is 20.6 Å². The zero-order chi connectivity index (χ0) is 18.9. The number of amides is 1. The van der Waals surface area contributed by atoms with Gasteiger partial charge in [-0.15, -0.1) is 0 Å². The van der Waals surface area contributed by atoms with Crippen LogP contribution < -0.4 is 5.32 Å². The number of hydrogen-bond acceptors (Lipinski definition) is 3. The van der Waals surface area contributed by atoms with Gasteiger partial charge in [0.15, 0.2) is 9.84 Å². The summed E-state index contributed by atoms with van der Waals surface area (Å²) in [4.78, 5) is 12.6. The monoisotopic (exact) mass is 387 g/mol. The SMILES string of the molecule is CC(NC(=O)c1ccc(Cl)c(S(C)(=O)=O)c1)c1cccc2ccccc12. The van der Waals surface area contributed by atoms with Crippen LogP contribution in [0.25, 0.3) is 10.8 Å². The van der Waals surface area contributed by atoms with Crippen molar-refractivity contribution in [2.24, 2.45) is 0 Å². The fourth-order valence-electron chi connectivity index (χ4n) is 2.91. The second-order valence-corrected chi connectivity index (χ2v) is 8.57. The Morgan fingerprint density at radius 2 is 1.73 bits per heavy atom. The molecule has 4 nitrogen and oxygen atoms in total. The van der Waals surface area contributed by atoms with Crippen LogP contribution >= 0.6 is 11.6 Å². The number of carbonyl (C=O) groups excluding carboxylic acids is 1. The highest BCUT2D eigenvalue weighted by molar-refractivity contribution is 7.90. The quantitative estimate of drug-likeness (QED) is 0.722. The summed E-state index contributed by atoms with van der Waals surface area (Å²) in [6.45, 7) is 1.90. The van der Waals surface area contributed by atoms with Crippen LogP contribution in [0.2, 0.25) is 5.02 Å². The van der Waals surface area contributed by atoms with Crippen LogP contribution in [0.4, 0.5) is 0 Å². The molecule has 3 aromatic carbocycles. The first-order valence-corrected chi connectivity index (χ1v) is 10.3. The van der Waals surface area contributed by atoms with Gasteiger partial charge in [0.1, 0.15) is 0 Å². The topological polar surface area (TPSA) is 63.2 Å². The standard InChI is InChI=1S/C20H18ClNO3S/c1-13(16-9-5-7-14-6-3-4-8-17(14)16)22-20(23)15-10-11-18(21)19(12-15)26(2,24)25/h3-13H,1-2H3,(H,22,23). The molecule has 1 amide bonds. The lowest BCUT2D eigenvalue weighted by molar-refractivity contribution is 0.0940. The van der Waals surface area contributed by atoms with E-state index >= 15 is 0 Å². The Labute approximate surface area is 157 Å². The molecule has 6 heteroatoms. The molecule has 0 aliphatic carbocycles. The van der Waals surface area contributed by atoms with Crippen molar-refractivity contribution in [3.63, 3.8) is 0 Å². The first-order chi connectivity index (χ1) is 12.3. The van der Waals surface area contributed by atoms with Gasteiger partial charge in [-0.1, -0.05) is 54.1 Å². The number of carbonyl (C=O) groups is 1. The van der Waals surface area contributed by atoms with E-state index in [1.165, 1.54) is 18.2 Å². The van der Waals surface area contributed by atoms with Crippen molar-refractivity contribution in [3.05, 3.63) is 76.8 Å². The Morgan fingerprint density at radius 3 is 2.46 bits per heavy atom. The zero-order valence-electron chi connectivity index (χ0n) is 14.4. The van der Waals surface area contributed by atoms with E-state index < -0.39 is 9.84 Å². The smallest absolute Gasteiger partial charge is 0.251 e. The van der Waals surface area contributed by atoms with Gasteiger partial charge in [-0.3, -0.25) is 4.79 Å². The van der Waals surface area contributed by atoms with Gasteiger partial charge in [0.05, 0.1) is 16.0 Å². The van der Waals surface area contributed by atoms with Crippen LogP contribution in [0.3, 0.4) is 0 Å². The normalized spacial score (nSPS) is 12.7. The molecule has 3 rings (SSSR count). The summed E-state index contributed by atoms with van der Waals surface area (Å²) in [7, 11) is -3.51. The molecule has 0 saturated heterocycles. The van der Waals surface area contributed by atoms with Gasteiger partial charge in [0.25, 0.3) is 5.91 Å². The molecule has 134 valence electrons. The molecule has 1 atom stereocenters. The highest BCUT2D eigenvalue weighted by Gasteiger charge is 2.18. The molecular formula is C20H18ClNO3S. The molecule has 0 radical (unpaired) electrons. The van der Waals surface area contributed by atoms with Gasteiger partial charge in [0.2, 0.25) is 0 Å².